The Labute approximate surface area is 135 Å². The number of carbonyl (C=O) groups excluding carboxylic acids is 1. The van der Waals surface area contributed by atoms with Crippen molar-refractivity contribution in [3.63, 3.8) is 0 Å². The predicted octanol–water partition coefficient (Wildman–Crippen LogP) is 1.82. The molecule has 2 aromatic heterocycles. The van der Waals surface area contributed by atoms with E-state index in [1.807, 2.05) is 28.6 Å². The van der Waals surface area contributed by atoms with Crippen LogP contribution in [0.4, 0.5) is 4.79 Å². The van der Waals surface area contributed by atoms with Gasteiger partial charge in [0.05, 0.1) is 18.3 Å². The van der Waals surface area contributed by atoms with Gasteiger partial charge in [-0.15, -0.1) is 10.2 Å². The van der Waals surface area contributed by atoms with Crippen LogP contribution in [0.15, 0.2) is 24.7 Å². The Balaban J connectivity index is 1.64. The maximum Gasteiger partial charge on any atom is 0.318 e. The lowest BCUT2D eigenvalue weighted by atomic mass is 10.2. The number of hydrogen-bond donors (Lipinski definition) is 1. The number of urea groups is 1. The summed E-state index contributed by atoms with van der Waals surface area (Å²) in [5.74, 6) is 0.837. The van der Waals surface area contributed by atoms with E-state index < -0.39 is 0 Å². The second-order valence-electron chi connectivity index (χ2n) is 5.82. The van der Waals surface area contributed by atoms with Crippen molar-refractivity contribution < 1.29 is 4.79 Å². The summed E-state index contributed by atoms with van der Waals surface area (Å²) < 4.78 is 1.88. The predicted molar refractivity (Wildman–Crippen MR) is 85.5 cm³/mol. The lowest BCUT2D eigenvalue weighted by molar-refractivity contribution is 0.189. The number of aryl methyl sites for hydroxylation is 2. The fraction of sp³-hybridized carbons (Fsp3) is 0.500. The van der Waals surface area contributed by atoms with Crippen molar-refractivity contribution in [2.24, 2.45) is 7.05 Å². The third kappa shape index (κ3) is 3.33. The maximum atomic E-state index is 12.5. The molecule has 122 valence electrons. The first kappa shape index (κ1) is 15.5. The van der Waals surface area contributed by atoms with Gasteiger partial charge in [0, 0.05) is 19.8 Å². The average Bonchev–Trinajstić information content (AvgIpc) is 3.21. The Hall–Kier alpha value is -2.44. The highest BCUT2D eigenvalue weighted by molar-refractivity contribution is 5.74. The first-order valence-corrected chi connectivity index (χ1v) is 8.01. The molecule has 1 atom stereocenters. The summed E-state index contributed by atoms with van der Waals surface area (Å²) in [6, 6.07) is 3.96. The van der Waals surface area contributed by atoms with Crippen LogP contribution in [0.25, 0.3) is 0 Å². The van der Waals surface area contributed by atoms with E-state index in [1.165, 1.54) is 5.56 Å². The summed E-state index contributed by atoms with van der Waals surface area (Å²) in [5, 5.41) is 11.0. The largest absolute Gasteiger partial charge is 0.332 e. The van der Waals surface area contributed by atoms with Gasteiger partial charge in [-0.05, 0) is 37.0 Å². The molecule has 1 fully saturated rings. The van der Waals surface area contributed by atoms with E-state index in [-0.39, 0.29) is 12.1 Å². The fourth-order valence-electron chi connectivity index (χ4n) is 2.98. The van der Waals surface area contributed by atoms with Crippen LogP contribution in [0.1, 0.15) is 42.9 Å². The molecule has 3 heterocycles. The lowest BCUT2D eigenvalue weighted by Gasteiger charge is -2.24. The van der Waals surface area contributed by atoms with Crippen LogP contribution in [0.5, 0.6) is 0 Å². The molecule has 0 bridgehead atoms. The van der Waals surface area contributed by atoms with E-state index in [9.17, 15) is 4.79 Å². The van der Waals surface area contributed by atoms with Gasteiger partial charge in [0.15, 0.2) is 5.82 Å². The van der Waals surface area contributed by atoms with Crippen molar-refractivity contribution >= 4 is 6.03 Å². The molecule has 0 aliphatic carbocycles. The van der Waals surface area contributed by atoms with Crippen LogP contribution in [0.2, 0.25) is 0 Å². The van der Waals surface area contributed by atoms with Crippen molar-refractivity contribution in [1.82, 2.24) is 30.0 Å². The first-order chi connectivity index (χ1) is 11.2. The molecular formula is C16H22N6O. The second-order valence-corrected chi connectivity index (χ2v) is 5.82. The Morgan fingerprint density at radius 1 is 1.48 bits per heavy atom. The number of nitrogens with zero attached hydrogens (tertiary/aromatic N) is 5. The van der Waals surface area contributed by atoms with E-state index in [0.717, 1.165) is 37.3 Å². The molecule has 1 saturated heterocycles. The van der Waals surface area contributed by atoms with Gasteiger partial charge >= 0.3 is 6.03 Å². The molecule has 0 spiro atoms. The first-order valence-electron chi connectivity index (χ1n) is 8.01. The van der Waals surface area contributed by atoms with Crippen LogP contribution < -0.4 is 5.32 Å². The Bertz CT molecular complexity index is 683. The van der Waals surface area contributed by atoms with Crippen molar-refractivity contribution in [1.29, 1.82) is 0 Å². The quantitative estimate of drug-likeness (QED) is 0.934. The lowest BCUT2D eigenvalue weighted by Crippen LogP contribution is -2.39. The number of amides is 2. The zero-order chi connectivity index (χ0) is 16.2. The van der Waals surface area contributed by atoms with E-state index in [1.54, 1.807) is 12.5 Å². The Morgan fingerprint density at radius 2 is 2.35 bits per heavy atom. The molecule has 3 rings (SSSR count). The smallest absolute Gasteiger partial charge is 0.318 e. The zero-order valence-electron chi connectivity index (χ0n) is 13.6. The highest BCUT2D eigenvalue weighted by Crippen LogP contribution is 2.30. The summed E-state index contributed by atoms with van der Waals surface area (Å²) >= 11 is 0. The monoisotopic (exact) mass is 314 g/mol. The zero-order valence-corrected chi connectivity index (χ0v) is 13.6. The second kappa shape index (κ2) is 6.76. The topological polar surface area (TPSA) is 75.9 Å². The minimum atomic E-state index is -0.0702. The SMILES string of the molecule is CCc1ccnc(CNC(=O)N2CCC[C@@H]2c2nncn2C)c1. The number of rotatable bonds is 4. The molecule has 7 heteroatoms. The number of carbonyl (C=O) groups is 1. The van der Waals surface area contributed by atoms with E-state index in [0.29, 0.717) is 6.54 Å². The average molecular weight is 314 g/mol. The molecule has 0 aromatic carbocycles. The summed E-state index contributed by atoms with van der Waals surface area (Å²) in [5.41, 5.74) is 2.11. The molecule has 0 radical (unpaired) electrons. The van der Waals surface area contributed by atoms with E-state index in [4.69, 9.17) is 0 Å². The molecule has 7 nitrogen and oxygen atoms in total. The molecule has 0 saturated carbocycles. The van der Waals surface area contributed by atoms with Gasteiger partial charge < -0.3 is 14.8 Å². The summed E-state index contributed by atoms with van der Waals surface area (Å²) in [4.78, 5) is 18.7. The highest BCUT2D eigenvalue weighted by atomic mass is 16.2. The molecule has 23 heavy (non-hydrogen) atoms. The van der Waals surface area contributed by atoms with Crippen molar-refractivity contribution in [2.75, 3.05) is 6.54 Å². The third-order valence-corrected chi connectivity index (χ3v) is 4.27. The van der Waals surface area contributed by atoms with E-state index >= 15 is 0 Å². The van der Waals surface area contributed by atoms with Gasteiger partial charge in [-0.2, -0.15) is 0 Å². The maximum absolute atomic E-state index is 12.5. The fourth-order valence-corrected chi connectivity index (χ4v) is 2.98. The normalized spacial score (nSPS) is 17.5. The van der Waals surface area contributed by atoms with Gasteiger partial charge in [0.2, 0.25) is 0 Å². The van der Waals surface area contributed by atoms with Crippen molar-refractivity contribution in [3.8, 4) is 0 Å². The number of pyridine rings is 1. The van der Waals surface area contributed by atoms with Crippen molar-refractivity contribution in [3.05, 3.63) is 41.7 Å². The van der Waals surface area contributed by atoms with E-state index in [2.05, 4.69) is 27.4 Å². The van der Waals surface area contributed by atoms with Crippen LogP contribution in [0.3, 0.4) is 0 Å². The third-order valence-electron chi connectivity index (χ3n) is 4.27. The molecular weight excluding hydrogens is 292 g/mol. The number of nitrogens with one attached hydrogen (secondary N) is 1. The minimum absolute atomic E-state index is 0.00237. The van der Waals surface area contributed by atoms with Crippen LogP contribution in [-0.2, 0) is 20.0 Å². The molecule has 1 aliphatic heterocycles. The minimum Gasteiger partial charge on any atom is -0.332 e. The molecule has 0 unspecified atom stereocenters. The molecule has 1 aliphatic rings. The molecule has 1 N–H and O–H groups in total. The summed E-state index contributed by atoms with van der Waals surface area (Å²) in [7, 11) is 1.91. The molecule has 2 aromatic rings. The van der Waals surface area contributed by atoms with Crippen LogP contribution in [0, 0.1) is 0 Å². The standard InChI is InChI=1S/C16H22N6O/c1-3-12-6-7-17-13(9-12)10-18-16(23)22-8-4-5-14(22)15-20-19-11-21(15)2/h6-7,9,11,14H,3-5,8,10H2,1-2H3,(H,18,23)/t14-/m1/s1. The number of aromatic nitrogens is 4. The van der Waals surface area contributed by atoms with Gasteiger partial charge in [-0.3, -0.25) is 4.98 Å². The highest BCUT2D eigenvalue weighted by Gasteiger charge is 2.32. The van der Waals surface area contributed by atoms with Gasteiger partial charge in [-0.25, -0.2) is 4.79 Å². The Kier molecular flexibility index (Phi) is 4.55. The van der Waals surface area contributed by atoms with Crippen molar-refractivity contribution in [2.45, 2.75) is 38.8 Å². The number of hydrogen-bond acceptors (Lipinski definition) is 4. The summed E-state index contributed by atoms with van der Waals surface area (Å²) in [6.45, 7) is 3.29. The van der Waals surface area contributed by atoms with Gasteiger partial charge in [-0.1, -0.05) is 6.92 Å². The molecule has 2 amide bonds. The van der Waals surface area contributed by atoms with Gasteiger partial charge in [0.1, 0.15) is 6.33 Å². The van der Waals surface area contributed by atoms with Crippen LogP contribution >= 0.6 is 0 Å². The number of likely N-dealkylation sites (tertiary alicyclic amines) is 1. The Morgan fingerprint density at radius 3 is 3.09 bits per heavy atom. The summed E-state index contributed by atoms with van der Waals surface area (Å²) in [6.07, 6.45) is 6.32. The van der Waals surface area contributed by atoms with Gasteiger partial charge in [0.25, 0.3) is 0 Å². The van der Waals surface area contributed by atoms with Crippen LogP contribution in [-0.4, -0.2) is 37.2 Å².